The van der Waals surface area contributed by atoms with Gasteiger partial charge in [0.1, 0.15) is 0 Å². The number of nitrogens with zero attached hydrogens (tertiary/aromatic N) is 2. The summed E-state index contributed by atoms with van der Waals surface area (Å²) in [4.78, 5) is 16.8. The summed E-state index contributed by atoms with van der Waals surface area (Å²) in [6.45, 7) is 12.8. The fourth-order valence-corrected chi connectivity index (χ4v) is 2.54. The van der Waals surface area contributed by atoms with Gasteiger partial charge in [0, 0.05) is 38.6 Å². The third-order valence-corrected chi connectivity index (χ3v) is 3.82. The molecule has 18 heavy (non-hydrogen) atoms. The molecule has 0 aromatic carbocycles. The van der Waals surface area contributed by atoms with Crippen molar-refractivity contribution in [1.82, 2.24) is 9.80 Å². The highest BCUT2D eigenvalue weighted by Gasteiger charge is 2.25. The summed E-state index contributed by atoms with van der Waals surface area (Å²) >= 11 is 0. The quantitative estimate of drug-likeness (QED) is 0.650. The van der Waals surface area contributed by atoms with Crippen molar-refractivity contribution in [3.05, 3.63) is 12.7 Å². The first-order chi connectivity index (χ1) is 8.72. The highest BCUT2D eigenvalue weighted by molar-refractivity contribution is 5.78. The Labute approximate surface area is 112 Å². The fraction of sp³-hybridized carbons (Fsp3) is 0.800. The summed E-state index contributed by atoms with van der Waals surface area (Å²) in [7, 11) is 0. The topological polar surface area (TPSA) is 23.6 Å². The zero-order valence-corrected chi connectivity index (χ0v) is 12.0. The molecule has 0 aliphatic carbocycles. The Balaban J connectivity index is 2.40. The third kappa shape index (κ3) is 4.45. The van der Waals surface area contributed by atoms with Crippen LogP contribution < -0.4 is 0 Å². The Morgan fingerprint density at radius 3 is 2.44 bits per heavy atom. The Bertz CT molecular complexity index is 257. The van der Waals surface area contributed by atoms with Crippen molar-refractivity contribution in [2.75, 3.05) is 32.7 Å². The van der Waals surface area contributed by atoms with Crippen molar-refractivity contribution >= 4 is 5.91 Å². The molecule has 0 spiro atoms. The minimum absolute atomic E-state index is 0.246. The maximum atomic E-state index is 12.4. The van der Waals surface area contributed by atoms with Gasteiger partial charge in [0.15, 0.2) is 0 Å². The molecule has 0 unspecified atom stereocenters. The standard InChI is InChI=1S/C15H28N2O/c1-4-7-8-14(6-3)15(18)17-12-10-16(9-5-2)11-13-17/h5,14H,2,4,6-13H2,1,3H3/t14-/m1/s1. The number of rotatable bonds is 7. The van der Waals surface area contributed by atoms with E-state index in [1.54, 1.807) is 0 Å². The summed E-state index contributed by atoms with van der Waals surface area (Å²) in [6, 6.07) is 0. The molecule has 1 saturated heterocycles. The van der Waals surface area contributed by atoms with Crippen LogP contribution in [-0.2, 0) is 4.79 Å². The first kappa shape index (κ1) is 15.2. The molecule has 1 atom stereocenters. The monoisotopic (exact) mass is 252 g/mol. The smallest absolute Gasteiger partial charge is 0.225 e. The Morgan fingerprint density at radius 2 is 1.94 bits per heavy atom. The van der Waals surface area contributed by atoms with Gasteiger partial charge in [0.2, 0.25) is 5.91 Å². The van der Waals surface area contributed by atoms with Crippen molar-refractivity contribution in [3.63, 3.8) is 0 Å². The molecule has 3 nitrogen and oxygen atoms in total. The van der Waals surface area contributed by atoms with E-state index < -0.39 is 0 Å². The number of hydrogen-bond donors (Lipinski definition) is 0. The van der Waals surface area contributed by atoms with E-state index in [9.17, 15) is 4.79 Å². The van der Waals surface area contributed by atoms with Gasteiger partial charge in [0.05, 0.1) is 0 Å². The molecule has 0 bridgehead atoms. The zero-order valence-electron chi connectivity index (χ0n) is 12.0. The molecule has 104 valence electrons. The van der Waals surface area contributed by atoms with Gasteiger partial charge in [0.25, 0.3) is 0 Å². The van der Waals surface area contributed by atoms with Crippen molar-refractivity contribution in [3.8, 4) is 0 Å². The Kier molecular flexibility index (Phi) is 7.02. The summed E-state index contributed by atoms with van der Waals surface area (Å²) in [5.74, 6) is 0.625. The number of amides is 1. The van der Waals surface area contributed by atoms with E-state index in [1.807, 2.05) is 6.08 Å². The molecule has 0 saturated carbocycles. The van der Waals surface area contributed by atoms with E-state index in [1.165, 1.54) is 12.8 Å². The number of carbonyl (C=O) groups excluding carboxylic acids is 1. The van der Waals surface area contributed by atoms with Gasteiger partial charge >= 0.3 is 0 Å². The molecule has 0 aromatic heterocycles. The van der Waals surface area contributed by atoms with Gasteiger partial charge in [-0.3, -0.25) is 9.69 Å². The number of hydrogen-bond acceptors (Lipinski definition) is 2. The normalized spacial score (nSPS) is 18.7. The first-order valence-electron chi connectivity index (χ1n) is 7.34. The Morgan fingerprint density at radius 1 is 1.28 bits per heavy atom. The van der Waals surface area contributed by atoms with E-state index >= 15 is 0 Å². The SMILES string of the molecule is C=CCN1CCN(C(=O)[C@H](CC)CCCC)CC1. The summed E-state index contributed by atoms with van der Waals surface area (Å²) in [6.07, 6.45) is 6.32. The van der Waals surface area contributed by atoms with Crippen molar-refractivity contribution in [2.45, 2.75) is 39.5 Å². The first-order valence-corrected chi connectivity index (χ1v) is 7.34. The molecule has 1 fully saturated rings. The van der Waals surface area contributed by atoms with Crippen molar-refractivity contribution in [1.29, 1.82) is 0 Å². The average molecular weight is 252 g/mol. The van der Waals surface area contributed by atoms with Crippen LogP contribution in [-0.4, -0.2) is 48.4 Å². The van der Waals surface area contributed by atoms with Gasteiger partial charge in [-0.25, -0.2) is 0 Å². The highest BCUT2D eigenvalue weighted by atomic mass is 16.2. The van der Waals surface area contributed by atoms with E-state index in [2.05, 4.69) is 30.2 Å². The third-order valence-electron chi connectivity index (χ3n) is 3.82. The zero-order chi connectivity index (χ0) is 13.4. The van der Waals surface area contributed by atoms with Gasteiger partial charge in [-0.15, -0.1) is 6.58 Å². The molecule has 1 amide bonds. The lowest BCUT2D eigenvalue weighted by Crippen LogP contribution is -2.50. The second-order valence-corrected chi connectivity index (χ2v) is 5.16. The second-order valence-electron chi connectivity index (χ2n) is 5.16. The summed E-state index contributed by atoms with van der Waals surface area (Å²) < 4.78 is 0. The average Bonchev–Trinajstić information content (AvgIpc) is 2.40. The van der Waals surface area contributed by atoms with Gasteiger partial charge in [-0.1, -0.05) is 32.8 Å². The molecule has 1 aliphatic heterocycles. The van der Waals surface area contributed by atoms with E-state index in [-0.39, 0.29) is 5.92 Å². The molecule has 1 heterocycles. The lowest BCUT2D eigenvalue weighted by molar-refractivity contribution is -0.137. The van der Waals surface area contributed by atoms with Crippen molar-refractivity contribution < 1.29 is 4.79 Å². The molecule has 0 radical (unpaired) electrons. The maximum absolute atomic E-state index is 12.4. The molecule has 0 N–H and O–H groups in total. The molecule has 3 heteroatoms. The van der Waals surface area contributed by atoms with E-state index in [0.717, 1.165) is 45.6 Å². The highest BCUT2D eigenvalue weighted by Crippen LogP contribution is 2.17. The van der Waals surface area contributed by atoms with Crippen LogP contribution in [0.15, 0.2) is 12.7 Å². The number of unbranched alkanes of at least 4 members (excludes halogenated alkanes) is 1. The minimum Gasteiger partial charge on any atom is -0.340 e. The molecular formula is C15H28N2O. The van der Waals surface area contributed by atoms with Crippen molar-refractivity contribution in [2.24, 2.45) is 5.92 Å². The lowest BCUT2D eigenvalue weighted by Gasteiger charge is -2.36. The predicted molar refractivity (Wildman–Crippen MR) is 76.5 cm³/mol. The number of carbonyl (C=O) groups is 1. The van der Waals surface area contributed by atoms with E-state index in [4.69, 9.17) is 0 Å². The number of piperazine rings is 1. The Hall–Kier alpha value is -0.830. The van der Waals surface area contributed by atoms with Crippen LogP contribution >= 0.6 is 0 Å². The van der Waals surface area contributed by atoms with Crippen LogP contribution in [0.2, 0.25) is 0 Å². The van der Waals surface area contributed by atoms with E-state index in [0.29, 0.717) is 5.91 Å². The van der Waals surface area contributed by atoms with Crippen LogP contribution in [0.1, 0.15) is 39.5 Å². The minimum atomic E-state index is 0.246. The van der Waals surface area contributed by atoms with Gasteiger partial charge in [-0.2, -0.15) is 0 Å². The molecule has 0 aromatic rings. The van der Waals surface area contributed by atoms with Crippen LogP contribution in [0.25, 0.3) is 0 Å². The van der Waals surface area contributed by atoms with Gasteiger partial charge < -0.3 is 4.90 Å². The summed E-state index contributed by atoms with van der Waals surface area (Å²) in [5, 5.41) is 0. The second kappa shape index (κ2) is 8.30. The molecule has 1 aliphatic rings. The van der Waals surface area contributed by atoms with Crippen LogP contribution in [0.3, 0.4) is 0 Å². The fourth-order valence-electron chi connectivity index (χ4n) is 2.54. The molecular weight excluding hydrogens is 224 g/mol. The maximum Gasteiger partial charge on any atom is 0.225 e. The van der Waals surface area contributed by atoms with Crippen LogP contribution in [0.4, 0.5) is 0 Å². The largest absolute Gasteiger partial charge is 0.340 e. The van der Waals surface area contributed by atoms with Crippen LogP contribution in [0, 0.1) is 5.92 Å². The lowest BCUT2D eigenvalue weighted by atomic mass is 9.97. The molecule has 1 rings (SSSR count). The summed E-state index contributed by atoms with van der Waals surface area (Å²) in [5.41, 5.74) is 0. The predicted octanol–water partition coefficient (Wildman–Crippen LogP) is 2.53. The van der Waals surface area contributed by atoms with Gasteiger partial charge in [-0.05, 0) is 12.8 Å². The van der Waals surface area contributed by atoms with Crippen LogP contribution in [0.5, 0.6) is 0 Å².